The van der Waals surface area contributed by atoms with Crippen LogP contribution in [0.3, 0.4) is 0 Å². The summed E-state index contributed by atoms with van der Waals surface area (Å²) in [5, 5.41) is 20.1. The first kappa shape index (κ1) is 14.7. The summed E-state index contributed by atoms with van der Waals surface area (Å²) in [4.78, 5) is 21.7. The molecule has 0 saturated heterocycles. The fourth-order valence-electron chi connectivity index (χ4n) is 1.87. The Morgan fingerprint density at radius 3 is 2.57 bits per heavy atom. The highest BCUT2D eigenvalue weighted by atomic mass is 16.6. The molecule has 0 fully saturated rings. The molecule has 0 aliphatic carbocycles. The number of nitro benzene ring substituents is 1. The van der Waals surface area contributed by atoms with Crippen LogP contribution in [-0.4, -0.2) is 15.8 Å². The zero-order valence-electron chi connectivity index (χ0n) is 11.3. The summed E-state index contributed by atoms with van der Waals surface area (Å²) in [6.07, 6.45) is 0. The van der Waals surface area contributed by atoms with Crippen LogP contribution in [0.15, 0.2) is 42.5 Å². The van der Waals surface area contributed by atoms with Gasteiger partial charge < -0.3 is 9.84 Å². The number of nitrogens with zero attached hydrogens (tertiary/aromatic N) is 1. The normalized spacial score (nSPS) is 10.2. The maximum atomic E-state index is 11.4. The van der Waals surface area contributed by atoms with Gasteiger partial charge in [-0.25, -0.2) is 0 Å². The van der Waals surface area contributed by atoms with Gasteiger partial charge >= 0.3 is 0 Å². The molecule has 6 nitrogen and oxygen atoms in total. The molecule has 108 valence electrons. The van der Waals surface area contributed by atoms with Crippen molar-refractivity contribution in [3.63, 3.8) is 0 Å². The number of aliphatic hydroxyl groups excluding tert-OH is 1. The minimum atomic E-state index is -0.617. The second kappa shape index (κ2) is 6.15. The zero-order valence-corrected chi connectivity index (χ0v) is 11.3. The standard InChI is InChI=1S/C15H13NO5/c1-10(18)14-6-5-13(8-15(14)16(19)20)21-12-4-2-3-11(7-12)9-17/h2-8,17H,9H2,1H3. The van der Waals surface area contributed by atoms with Crippen LogP contribution in [0.5, 0.6) is 11.5 Å². The molecule has 0 atom stereocenters. The van der Waals surface area contributed by atoms with Gasteiger partial charge in [0.05, 0.1) is 23.2 Å². The number of hydrogen-bond acceptors (Lipinski definition) is 5. The molecular weight excluding hydrogens is 274 g/mol. The van der Waals surface area contributed by atoms with Gasteiger partial charge in [0.25, 0.3) is 5.69 Å². The number of rotatable bonds is 5. The number of benzene rings is 2. The second-order valence-electron chi connectivity index (χ2n) is 4.40. The van der Waals surface area contributed by atoms with E-state index in [1.807, 2.05) is 0 Å². The average molecular weight is 287 g/mol. The molecule has 2 aromatic carbocycles. The Kier molecular flexibility index (Phi) is 4.30. The third-order valence-corrected chi connectivity index (χ3v) is 2.86. The smallest absolute Gasteiger partial charge is 0.283 e. The number of ketones is 1. The van der Waals surface area contributed by atoms with E-state index in [0.717, 1.165) is 0 Å². The van der Waals surface area contributed by atoms with Gasteiger partial charge in [0, 0.05) is 0 Å². The molecule has 21 heavy (non-hydrogen) atoms. The van der Waals surface area contributed by atoms with Gasteiger partial charge in [-0.2, -0.15) is 0 Å². The highest BCUT2D eigenvalue weighted by molar-refractivity contribution is 5.98. The SMILES string of the molecule is CC(=O)c1ccc(Oc2cccc(CO)c2)cc1[N+](=O)[O-]. The average Bonchev–Trinajstić information content (AvgIpc) is 2.47. The van der Waals surface area contributed by atoms with Crippen molar-refractivity contribution >= 4 is 11.5 Å². The Balaban J connectivity index is 2.34. The summed E-state index contributed by atoms with van der Waals surface area (Å²) >= 11 is 0. The van der Waals surface area contributed by atoms with Crippen LogP contribution in [-0.2, 0) is 6.61 Å². The zero-order chi connectivity index (χ0) is 15.4. The van der Waals surface area contributed by atoms with E-state index in [1.165, 1.54) is 25.1 Å². The van der Waals surface area contributed by atoms with Crippen molar-refractivity contribution in [2.24, 2.45) is 0 Å². The van der Waals surface area contributed by atoms with Crippen molar-refractivity contribution in [2.45, 2.75) is 13.5 Å². The van der Waals surface area contributed by atoms with Gasteiger partial charge in [0.15, 0.2) is 5.78 Å². The molecule has 6 heteroatoms. The van der Waals surface area contributed by atoms with Crippen molar-refractivity contribution in [3.8, 4) is 11.5 Å². The quantitative estimate of drug-likeness (QED) is 0.518. The fourth-order valence-corrected chi connectivity index (χ4v) is 1.87. The first-order valence-corrected chi connectivity index (χ1v) is 6.18. The monoisotopic (exact) mass is 287 g/mol. The molecule has 0 aliphatic heterocycles. The molecule has 0 radical (unpaired) electrons. The maximum absolute atomic E-state index is 11.4. The lowest BCUT2D eigenvalue weighted by atomic mass is 10.1. The molecule has 0 aliphatic rings. The largest absolute Gasteiger partial charge is 0.457 e. The molecule has 0 spiro atoms. The Morgan fingerprint density at radius 1 is 1.24 bits per heavy atom. The van der Waals surface area contributed by atoms with E-state index < -0.39 is 4.92 Å². The number of ether oxygens (including phenoxy) is 1. The third-order valence-electron chi connectivity index (χ3n) is 2.86. The van der Waals surface area contributed by atoms with Crippen molar-refractivity contribution in [3.05, 3.63) is 63.7 Å². The Morgan fingerprint density at radius 2 is 1.95 bits per heavy atom. The van der Waals surface area contributed by atoms with E-state index in [9.17, 15) is 14.9 Å². The first-order chi connectivity index (χ1) is 10.0. The molecule has 0 unspecified atom stereocenters. The minimum absolute atomic E-state index is 0.0384. The van der Waals surface area contributed by atoms with E-state index in [2.05, 4.69) is 0 Å². The number of carbonyl (C=O) groups is 1. The maximum Gasteiger partial charge on any atom is 0.283 e. The second-order valence-corrected chi connectivity index (χ2v) is 4.40. The van der Waals surface area contributed by atoms with Crippen molar-refractivity contribution in [1.82, 2.24) is 0 Å². The van der Waals surface area contributed by atoms with Gasteiger partial charge in [0.2, 0.25) is 0 Å². The first-order valence-electron chi connectivity index (χ1n) is 6.18. The number of hydrogen-bond donors (Lipinski definition) is 1. The van der Waals surface area contributed by atoms with Gasteiger partial charge in [-0.15, -0.1) is 0 Å². The molecule has 0 bridgehead atoms. The number of nitro groups is 1. The van der Waals surface area contributed by atoms with Crippen LogP contribution < -0.4 is 4.74 Å². The lowest BCUT2D eigenvalue weighted by molar-refractivity contribution is -0.385. The van der Waals surface area contributed by atoms with Crippen LogP contribution in [0.2, 0.25) is 0 Å². The number of aliphatic hydroxyl groups is 1. The molecule has 1 N–H and O–H groups in total. The lowest BCUT2D eigenvalue weighted by Gasteiger charge is -2.08. The van der Waals surface area contributed by atoms with E-state index in [-0.39, 0.29) is 29.4 Å². The van der Waals surface area contributed by atoms with Crippen LogP contribution in [0.4, 0.5) is 5.69 Å². The molecule has 0 aromatic heterocycles. The number of carbonyl (C=O) groups excluding carboxylic acids is 1. The highest BCUT2D eigenvalue weighted by Gasteiger charge is 2.18. The summed E-state index contributed by atoms with van der Waals surface area (Å²) in [6, 6.07) is 10.8. The summed E-state index contributed by atoms with van der Waals surface area (Å²) < 4.78 is 5.52. The molecule has 0 saturated carbocycles. The molecule has 2 aromatic rings. The summed E-state index contributed by atoms with van der Waals surface area (Å²) in [6.45, 7) is 1.15. The van der Waals surface area contributed by atoms with Gasteiger partial charge in [-0.3, -0.25) is 14.9 Å². The Bertz CT molecular complexity index is 696. The van der Waals surface area contributed by atoms with Crippen LogP contribution in [0.1, 0.15) is 22.8 Å². The van der Waals surface area contributed by atoms with E-state index in [0.29, 0.717) is 11.3 Å². The Hall–Kier alpha value is -2.73. The summed E-state index contributed by atoms with van der Waals surface area (Å²) in [5.74, 6) is 0.323. The summed E-state index contributed by atoms with van der Waals surface area (Å²) in [5.41, 5.74) is 0.414. The highest BCUT2D eigenvalue weighted by Crippen LogP contribution is 2.29. The molecule has 2 rings (SSSR count). The number of Topliss-reactive ketones (excluding diaryl/α,β-unsaturated/α-hetero) is 1. The molecule has 0 heterocycles. The van der Waals surface area contributed by atoms with Crippen LogP contribution >= 0.6 is 0 Å². The van der Waals surface area contributed by atoms with Crippen LogP contribution in [0, 0.1) is 10.1 Å². The lowest BCUT2D eigenvalue weighted by Crippen LogP contribution is -2.00. The summed E-state index contributed by atoms with van der Waals surface area (Å²) in [7, 11) is 0. The topological polar surface area (TPSA) is 89.7 Å². The molecular formula is C15H13NO5. The third kappa shape index (κ3) is 3.43. The van der Waals surface area contributed by atoms with Gasteiger partial charge in [-0.05, 0) is 36.8 Å². The van der Waals surface area contributed by atoms with Gasteiger partial charge in [0.1, 0.15) is 11.5 Å². The van der Waals surface area contributed by atoms with Crippen molar-refractivity contribution in [1.29, 1.82) is 0 Å². The van der Waals surface area contributed by atoms with Crippen molar-refractivity contribution in [2.75, 3.05) is 0 Å². The Labute approximate surface area is 120 Å². The predicted molar refractivity (Wildman–Crippen MR) is 75.5 cm³/mol. The minimum Gasteiger partial charge on any atom is -0.457 e. The van der Waals surface area contributed by atoms with Crippen LogP contribution in [0.25, 0.3) is 0 Å². The van der Waals surface area contributed by atoms with E-state index >= 15 is 0 Å². The van der Waals surface area contributed by atoms with E-state index in [1.54, 1.807) is 24.3 Å². The molecule has 0 amide bonds. The predicted octanol–water partition coefficient (Wildman–Crippen LogP) is 3.08. The van der Waals surface area contributed by atoms with Gasteiger partial charge in [-0.1, -0.05) is 12.1 Å². The van der Waals surface area contributed by atoms with E-state index in [4.69, 9.17) is 9.84 Å². The van der Waals surface area contributed by atoms with Crippen molar-refractivity contribution < 1.29 is 19.6 Å². The fraction of sp³-hybridized carbons (Fsp3) is 0.133.